The third-order valence-electron chi connectivity index (χ3n) is 7.12. The van der Waals surface area contributed by atoms with E-state index in [2.05, 4.69) is 97.7 Å². The quantitative estimate of drug-likeness (QED) is 0.244. The molecule has 0 atom stereocenters. The average molecular weight is 497 g/mol. The Kier molecular flexibility index (Phi) is 4.98. The molecule has 0 aliphatic heterocycles. The first-order valence-electron chi connectivity index (χ1n) is 12.4. The molecule has 4 heterocycles. The number of aromatic nitrogens is 2. The second-order valence-corrected chi connectivity index (χ2v) is 10.7. The summed E-state index contributed by atoms with van der Waals surface area (Å²) < 4.78 is 7.39. The second-order valence-electron chi connectivity index (χ2n) is 9.65. The van der Waals surface area contributed by atoms with Gasteiger partial charge in [0.25, 0.3) is 0 Å². The van der Waals surface area contributed by atoms with Gasteiger partial charge in [-0.05, 0) is 84.3 Å². The van der Waals surface area contributed by atoms with Crippen LogP contribution in [0.15, 0.2) is 95.5 Å². The van der Waals surface area contributed by atoms with Crippen LogP contribution in [0, 0.1) is 20.8 Å². The zero-order valence-corrected chi connectivity index (χ0v) is 21.7. The first-order valence-corrected chi connectivity index (χ1v) is 13.2. The summed E-state index contributed by atoms with van der Waals surface area (Å²) in [6.07, 6.45) is 1.98. The van der Waals surface area contributed by atoms with Gasteiger partial charge in [0.2, 0.25) is 5.71 Å². The van der Waals surface area contributed by atoms with E-state index < -0.39 is 0 Å². The smallest absolute Gasteiger partial charge is 0.227 e. The molecule has 0 aliphatic carbocycles. The van der Waals surface area contributed by atoms with Crippen LogP contribution in [0.3, 0.4) is 0 Å². The van der Waals surface area contributed by atoms with Crippen LogP contribution < -0.4 is 0 Å². The molecule has 7 aromatic rings. The number of aryl methyl sites for hydroxylation is 3. The molecule has 0 radical (unpaired) electrons. The Balaban J connectivity index is 1.28. The van der Waals surface area contributed by atoms with Crippen molar-refractivity contribution < 1.29 is 4.42 Å². The lowest BCUT2D eigenvalue weighted by atomic mass is 9.95. The lowest BCUT2D eigenvalue weighted by Crippen LogP contribution is -1.87. The highest BCUT2D eigenvalue weighted by Crippen LogP contribution is 2.39. The summed E-state index contributed by atoms with van der Waals surface area (Å²) in [6, 6.07) is 30.2. The van der Waals surface area contributed by atoms with E-state index in [1.165, 1.54) is 42.8 Å². The number of para-hydroxylation sites is 1. The summed E-state index contributed by atoms with van der Waals surface area (Å²) >= 11 is 1.78. The Morgan fingerprint density at radius 2 is 1.49 bits per heavy atom. The van der Waals surface area contributed by atoms with E-state index in [0.717, 1.165) is 33.3 Å². The number of fused-ring (bicyclic) bond motifs is 4. The highest BCUT2D eigenvalue weighted by Gasteiger charge is 2.15. The maximum absolute atomic E-state index is 6.22. The zero-order valence-electron chi connectivity index (χ0n) is 20.9. The first-order chi connectivity index (χ1) is 18.0. The Morgan fingerprint density at radius 3 is 2.30 bits per heavy atom. The normalized spacial score (nSPS) is 11.6. The molecule has 3 nitrogen and oxygen atoms in total. The van der Waals surface area contributed by atoms with Gasteiger partial charge in [0.05, 0.1) is 10.4 Å². The Labute approximate surface area is 219 Å². The molecule has 4 heteroatoms. The molecule has 4 aromatic heterocycles. The van der Waals surface area contributed by atoms with Gasteiger partial charge in [-0.25, -0.2) is 4.98 Å². The van der Waals surface area contributed by atoms with Crippen LogP contribution in [0.2, 0.25) is 0 Å². The van der Waals surface area contributed by atoms with Crippen LogP contribution in [0.1, 0.15) is 16.8 Å². The molecule has 178 valence electrons. The summed E-state index contributed by atoms with van der Waals surface area (Å²) in [4.78, 5) is 10.6. The van der Waals surface area contributed by atoms with E-state index in [-0.39, 0.29) is 0 Å². The Bertz CT molecular complexity index is 1940. The number of furan rings is 1. The molecule has 0 N–H and O–H groups in total. The number of benzene rings is 3. The largest absolute Gasteiger partial charge is 0.437 e. The minimum atomic E-state index is 0.672. The topological polar surface area (TPSA) is 38.9 Å². The summed E-state index contributed by atoms with van der Waals surface area (Å²) in [5.41, 5.74) is 10.8. The molecule has 0 spiro atoms. The van der Waals surface area contributed by atoms with Gasteiger partial charge in [0.15, 0.2) is 0 Å². The number of thiophene rings is 1. The third kappa shape index (κ3) is 3.64. The van der Waals surface area contributed by atoms with Gasteiger partial charge in [0, 0.05) is 33.1 Å². The maximum Gasteiger partial charge on any atom is 0.227 e. The molecule has 0 bridgehead atoms. The lowest BCUT2D eigenvalue weighted by Gasteiger charge is -2.10. The van der Waals surface area contributed by atoms with Gasteiger partial charge in [-0.3, -0.25) is 4.98 Å². The first kappa shape index (κ1) is 22.0. The lowest BCUT2D eigenvalue weighted by molar-refractivity contribution is 0.653. The highest BCUT2D eigenvalue weighted by atomic mass is 32.1. The summed E-state index contributed by atoms with van der Waals surface area (Å²) in [5, 5.41) is 3.29. The summed E-state index contributed by atoms with van der Waals surface area (Å²) in [6.45, 7) is 6.33. The van der Waals surface area contributed by atoms with Crippen LogP contribution in [0.4, 0.5) is 0 Å². The van der Waals surface area contributed by atoms with Crippen molar-refractivity contribution in [3.05, 3.63) is 108 Å². The molecule has 0 fully saturated rings. The van der Waals surface area contributed by atoms with Gasteiger partial charge in [-0.15, -0.1) is 11.3 Å². The molecule has 3 aromatic carbocycles. The number of rotatable bonds is 3. The SMILES string of the molecule is Cc1ccc2c(n1)oc1c(-c3cc4cc(-c5ccc(-c6c(C)cccc6C)cc5)sc4cn3)cccc12. The van der Waals surface area contributed by atoms with Crippen molar-refractivity contribution in [2.45, 2.75) is 20.8 Å². The number of hydrogen-bond acceptors (Lipinski definition) is 4. The molecule has 0 saturated heterocycles. The van der Waals surface area contributed by atoms with Crippen molar-refractivity contribution in [1.82, 2.24) is 9.97 Å². The predicted octanol–water partition coefficient (Wildman–Crippen LogP) is 9.52. The van der Waals surface area contributed by atoms with Crippen molar-refractivity contribution in [3.8, 4) is 32.8 Å². The number of nitrogens with zero attached hydrogens (tertiary/aromatic N) is 2. The van der Waals surface area contributed by atoms with Crippen LogP contribution in [0.5, 0.6) is 0 Å². The van der Waals surface area contributed by atoms with Gasteiger partial charge in [-0.1, -0.05) is 54.6 Å². The van der Waals surface area contributed by atoms with E-state index in [1.807, 2.05) is 19.2 Å². The fourth-order valence-electron chi connectivity index (χ4n) is 5.28. The number of hydrogen-bond donors (Lipinski definition) is 0. The molecular weight excluding hydrogens is 472 g/mol. The van der Waals surface area contributed by atoms with Crippen molar-refractivity contribution in [2.24, 2.45) is 0 Å². The van der Waals surface area contributed by atoms with Gasteiger partial charge < -0.3 is 4.42 Å². The summed E-state index contributed by atoms with van der Waals surface area (Å²) in [5.74, 6) is 0. The standard InChI is InChI=1S/C33H24N2OS/c1-19-6-4-7-20(2)31(19)23-13-11-22(12-14-23)29-17-24-16-28(34-18-30(24)37-29)27-9-5-8-25-26-15-10-21(3)35-33(26)36-32(25)27/h4-18H,1-3H3. The minimum Gasteiger partial charge on any atom is -0.437 e. The Hall–Kier alpha value is -4.28. The molecule has 7 rings (SSSR count). The average Bonchev–Trinajstić information content (AvgIpc) is 3.49. The molecular formula is C33H24N2OS. The Morgan fingerprint density at radius 1 is 0.730 bits per heavy atom. The third-order valence-corrected chi connectivity index (χ3v) is 8.26. The van der Waals surface area contributed by atoms with Gasteiger partial charge in [0.1, 0.15) is 5.58 Å². The van der Waals surface area contributed by atoms with Crippen molar-refractivity contribution in [1.29, 1.82) is 0 Å². The fourth-order valence-corrected chi connectivity index (χ4v) is 6.30. The van der Waals surface area contributed by atoms with Gasteiger partial charge in [-0.2, -0.15) is 0 Å². The van der Waals surface area contributed by atoms with Gasteiger partial charge >= 0.3 is 0 Å². The maximum atomic E-state index is 6.22. The van der Waals surface area contributed by atoms with E-state index in [0.29, 0.717) is 5.71 Å². The van der Waals surface area contributed by atoms with Crippen LogP contribution >= 0.6 is 11.3 Å². The monoisotopic (exact) mass is 496 g/mol. The van der Waals surface area contributed by atoms with Crippen LogP contribution in [0.25, 0.3) is 65.0 Å². The zero-order chi connectivity index (χ0) is 25.1. The van der Waals surface area contributed by atoms with E-state index in [4.69, 9.17) is 9.40 Å². The second kappa shape index (κ2) is 8.39. The molecule has 37 heavy (non-hydrogen) atoms. The molecule has 0 aliphatic rings. The van der Waals surface area contributed by atoms with Crippen molar-refractivity contribution in [2.75, 3.05) is 0 Å². The number of pyridine rings is 2. The van der Waals surface area contributed by atoms with E-state index >= 15 is 0 Å². The van der Waals surface area contributed by atoms with Crippen LogP contribution in [-0.4, -0.2) is 9.97 Å². The minimum absolute atomic E-state index is 0.672. The molecule has 0 unspecified atom stereocenters. The van der Waals surface area contributed by atoms with Crippen molar-refractivity contribution >= 4 is 43.5 Å². The van der Waals surface area contributed by atoms with Crippen LogP contribution in [-0.2, 0) is 0 Å². The fraction of sp³-hybridized carbons (Fsp3) is 0.0909. The summed E-state index contributed by atoms with van der Waals surface area (Å²) in [7, 11) is 0. The van der Waals surface area contributed by atoms with E-state index in [9.17, 15) is 0 Å². The molecule has 0 amide bonds. The van der Waals surface area contributed by atoms with E-state index in [1.54, 1.807) is 11.3 Å². The van der Waals surface area contributed by atoms with Crippen molar-refractivity contribution in [3.63, 3.8) is 0 Å². The predicted molar refractivity (Wildman–Crippen MR) is 155 cm³/mol. The molecule has 0 saturated carbocycles. The highest BCUT2D eigenvalue weighted by molar-refractivity contribution is 7.22.